The van der Waals surface area contributed by atoms with E-state index in [2.05, 4.69) is 19.2 Å². The minimum Gasteiger partial charge on any atom is -0.465 e. The molecule has 1 heterocycles. The zero-order valence-electron chi connectivity index (χ0n) is 9.21. The summed E-state index contributed by atoms with van der Waals surface area (Å²) in [6, 6.07) is -0.0333. The van der Waals surface area contributed by atoms with Crippen molar-refractivity contribution in [2.24, 2.45) is 5.92 Å². The summed E-state index contributed by atoms with van der Waals surface area (Å²) in [5.74, 6) is 0.629. The average Bonchev–Trinajstić information content (AvgIpc) is 2.64. The Morgan fingerprint density at radius 2 is 2.36 bits per heavy atom. The highest BCUT2D eigenvalue weighted by Crippen LogP contribution is 2.08. The Labute approximate surface area is 86.2 Å². The van der Waals surface area contributed by atoms with Crippen molar-refractivity contribution in [3.8, 4) is 0 Å². The summed E-state index contributed by atoms with van der Waals surface area (Å²) in [6.07, 6.45) is 4.14. The third kappa shape index (κ3) is 4.09. The first-order valence-corrected chi connectivity index (χ1v) is 5.60. The molecule has 3 heteroatoms. The summed E-state index contributed by atoms with van der Waals surface area (Å²) >= 11 is 0. The Morgan fingerprint density at radius 3 is 2.93 bits per heavy atom. The molecule has 1 fully saturated rings. The fraction of sp³-hybridized carbons (Fsp3) is 0.909. The summed E-state index contributed by atoms with van der Waals surface area (Å²) < 4.78 is 5.17. The van der Waals surface area contributed by atoms with Gasteiger partial charge in [0.15, 0.2) is 0 Å². The molecule has 0 unspecified atom stereocenters. The van der Waals surface area contributed by atoms with Crippen LogP contribution in [-0.2, 0) is 9.53 Å². The molecule has 3 nitrogen and oxygen atoms in total. The molecule has 0 aromatic heterocycles. The second kappa shape index (κ2) is 6.02. The molecule has 1 aliphatic rings. The third-order valence-corrected chi connectivity index (χ3v) is 2.51. The molecule has 1 rings (SSSR count). The van der Waals surface area contributed by atoms with Gasteiger partial charge in [-0.3, -0.25) is 4.79 Å². The lowest BCUT2D eigenvalue weighted by atomic mass is 10.1. The maximum Gasteiger partial charge on any atom is 0.323 e. The highest BCUT2D eigenvalue weighted by molar-refractivity contribution is 5.76. The predicted molar refractivity (Wildman–Crippen MR) is 56.1 cm³/mol. The van der Waals surface area contributed by atoms with Crippen LogP contribution >= 0.6 is 0 Å². The molecular weight excluding hydrogens is 178 g/mol. The van der Waals surface area contributed by atoms with Crippen LogP contribution in [0.3, 0.4) is 0 Å². The van der Waals surface area contributed by atoms with E-state index >= 15 is 0 Å². The van der Waals surface area contributed by atoms with Crippen molar-refractivity contribution in [2.75, 3.05) is 13.2 Å². The van der Waals surface area contributed by atoms with Gasteiger partial charge in [0.1, 0.15) is 6.04 Å². The quantitative estimate of drug-likeness (QED) is 0.541. The number of hydrogen-bond acceptors (Lipinski definition) is 3. The summed E-state index contributed by atoms with van der Waals surface area (Å²) in [7, 11) is 0. The molecule has 0 aromatic rings. The van der Waals surface area contributed by atoms with E-state index in [9.17, 15) is 4.79 Å². The molecule has 1 atom stereocenters. The molecule has 82 valence electrons. The van der Waals surface area contributed by atoms with Gasteiger partial charge < -0.3 is 10.1 Å². The molecule has 1 N–H and O–H groups in total. The molecule has 0 aliphatic carbocycles. The zero-order chi connectivity index (χ0) is 10.4. The van der Waals surface area contributed by atoms with Gasteiger partial charge in [-0.2, -0.15) is 0 Å². The second-order valence-electron chi connectivity index (χ2n) is 4.35. The number of esters is 1. The molecule has 1 aliphatic heterocycles. The van der Waals surface area contributed by atoms with Gasteiger partial charge in [0.05, 0.1) is 6.61 Å². The molecule has 0 amide bonds. The predicted octanol–water partition coefficient (Wildman–Crippen LogP) is 1.72. The van der Waals surface area contributed by atoms with E-state index in [0.717, 1.165) is 32.2 Å². The van der Waals surface area contributed by atoms with Crippen LogP contribution < -0.4 is 5.32 Å². The molecule has 0 bridgehead atoms. The van der Waals surface area contributed by atoms with Gasteiger partial charge in [0.25, 0.3) is 0 Å². The number of hydrogen-bond donors (Lipinski definition) is 1. The maximum absolute atomic E-state index is 11.4. The molecular formula is C11H21NO2. The Balaban J connectivity index is 2.03. The van der Waals surface area contributed by atoms with Crippen LogP contribution in [-0.4, -0.2) is 25.2 Å². The standard InChI is InChI=1S/C11H21NO2/c1-9(2)5-4-8-14-11(13)10-6-3-7-12-10/h9-10,12H,3-8H2,1-2H3/t10-/m0/s1. The van der Waals surface area contributed by atoms with Crippen molar-refractivity contribution >= 4 is 5.97 Å². The number of rotatable bonds is 5. The molecule has 0 aromatic carbocycles. The first-order chi connectivity index (χ1) is 6.70. The Kier molecular flexibility index (Phi) is 4.94. The van der Waals surface area contributed by atoms with Crippen LogP contribution in [0.5, 0.6) is 0 Å². The van der Waals surface area contributed by atoms with Crippen molar-refractivity contribution in [2.45, 2.75) is 45.6 Å². The van der Waals surface area contributed by atoms with Crippen molar-refractivity contribution in [3.05, 3.63) is 0 Å². The van der Waals surface area contributed by atoms with E-state index < -0.39 is 0 Å². The van der Waals surface area contributed by atoms with Crippen LogP contribution in [0.1, 0.15) is 39.5 Å². The van der Waals surface area contributed by atoms with Gasteiger partial charge in [0.2, 0.25) is 0 Å². The molecule has 1 saturated heterocycles. The van der Waals surface area contributed by atoms with Crippen LogP contribution in [0.25, 0.3) is 0 Å². The van der Waals surface area contributed by atoms with Crippen LogP contribution in [0.15, 0.2) is 0 Å². The summed E-state index contributed by atoms with van der Waals surface area (Å²) in [4.78, 5) is 11.4. The van der Waals surface area contributed by atoms with Crippen molar-refractivity contribution in [3.63, 3.8) is 0 Å². The SMILES string of the molecule is CC(C)CCCOC(=O)[C@@H]1CCCN1. The van der Waals surface area contributed by atoms with Gasteiger partial charge >= 0.3 is 5.97 Å². The van der Waals surface area contributed by atoms with Crippen LogP contribution in [0.4, 0.5) is 0 Å². The highest BCUT2D eigenvalue weighted by Gasteiger charge is 2.22. The maximum atomic E-state index is 11.4. The fourth-order valence-corrected chi connectivity index (χ4v) is 1.65. The average molecular weight is 199 g/mol. The Bertz CT molecular complexity index is 174. The second-order valence-corrected chi connectivity index (χ2v) is 4.35. The van der Waals surface area contributed by atoms with Gasteiger partial charge in [-0.15, -0.1) is 0 Å². The summed E-state index contributed by atoms with van der Waals surface area (Å²) in [5, 5.41) is 3.13. The normalized spacial score (nSPS) is 21.5. The van der Waals surface area contributed by atoms with Crippen molar-refractivity contribution < 1.29 is 9.53 Å². The summed E-state index contributed by atoms with van der Waals surface area (Å²) in [6.45, 7) is 5.89. The van der Waals surface area contributed by atoms with Crippen LogP contribution in [0.2, 0.25) is 0 Å². The molecule has 0 saturated carbocycles. The Morgan fingerprint density at radius 1 is 1.57 bits per heavy atom. The van der Waals surface area contributed by atoms with Crippen LogP contribution in [0, 0.1) is 5.92 Å². The van der Waals surface area contributed by atoms with Gasteiger partial charge in [-0.1, -0.05) is 13.8 Å². The lowest BCUT2D eigenvalue weighted by Crippen LogP contribution is -2.32. The van der Waals surface area contributed by atoms with E-state index in [1.807, 2.05) is 0 Å². The van der Waals surface area contributed by atoms with E-state index in [4.69, 9.17) is 4.74 Å². The topological polar surface area (TPSA) is 38.3 Å². The van der Waals surface area contributed by atoms with Crippen molar-refractivity contribution in [1.29, 1.82) is 0 Å². The Hall–Kier alpha value is -0.570. The van der Waals surface area contributed by atoms with Gasteiger partial charge in [-0.25, -0.2) is 0 Å². The fourth-order valence-electron chi connectivity index (χ4n) is 1.65. The molecule has 0 spiro atoms. The number of carbonyl (C=O) groups is 1. The van der Waals surface area contributed by atoms with Crippen molar-refractivity contribution in [1.82, 2.24) is 5.32 Å². The lowest BCUT2D eigenvalue weighted by Gasteiger charge is -2.10. The largest absolute Gasteiger partial charge is 0.465 e. The monoisotopic (exact) mass is 199 g/mol. The number of ether oxygens (including phenoxy) is 1. The van der Waals surface area contributed by atoms with E-state index in [0.29, 0.717) is 12.5 Å². The minimum absolute atomic E-state index is 0.0333. The lowest BCUT2D eigenvalue weighted by molar-refractivity contribution is -0.145. The number of carbonyl (C=O) groups excluding carboxylic acids is 1. The first-order valence-electron chi connectivity index (χ1n) is 5.60. The zero-order valence-corrected chi connectivity index (χ0v) is 9.21. The van der Waals surface area contributed by atoms with E-state index in [1.54, 1.807) is 0 Å². The first kappa shape index (κ1) is 11.5. The minimum atomic E-state index is -0.0637. The number of nitrogens with one attached hydrogen (secondary N) is 1. The molecule has 0 radical (unpaired) electrons. The summed E-state index contributed by atoms with van der Waals surface area (Å²) in [5.41, 5.74) is 0. The smallest absolute Gasteiger partial charge is 0.323 e. The van der Waals surface area contributed by atoms with E-state index in [-0.39, 0.29) is 12.0 Å². The van der Waals surface area contributed by atoms with E-state index in [1.165, 1.54) is 0 Å². The van der Waals surface area contributed by atoms with Gasteiger partial charge in [-0.05, 0) is 38.1 Å². The highest BCUT2D eigenvalue weighted by atomic mass is 16.5. The molecule has 14 heavy (non-hydrogen) atoms. The third-order valence-electron chi connectivity index (χ3n) is 2.51. The van der Waals surface area contributed by atoms with Gasteiger partial charge in [0, 0.05) is 0 Å².